The molecule has 3 aromatic rings. The molecule has 0 radical (unpaired) electrons. The summed E-state index contributed by atoms with van der Waals surface area (Å²) in [5, 5.41) is 0.598. The number of hydrogen-bond acceptors (Lipinski definition) is 5. The van der Waals surface area contributed by atoms with Crippen LogP contribution < -0.4 is 9.80 Å². The van der Waals surface area contributed by atoms with E-state index in [4.69, 9.17) is 0 Å². The Bertz CT molecular complexity index is 1120. The van der Waals surface area contributed by atoms with Crippen LogP contribution in [-0.2, 0) is 4.79 Å². The first-order valence-corrected chi connectivity index (χ1v) is 10.4. The predicted molar refractivity (Wildman–Crippen MR) is 126 cm³/mol. The Kier molecular flexibility index (Phi) is 5.68. The molecule has 1 aromatic heterocycles. The molecule has 2 aromatic carbocycles. The molecule has 0 spiro atoms. The standard InChI is InChI=1S/C24H22N4OS/c1-17-8-7-11-22(25-17)26-24-28(20-9-5-4-6-10-20)23(29)21(30-24)16-18-12-14-19(15-13-18)27(2)3/h4-16H,1-3H3/b21-16-,26-24+. The molecule has 1 aliphatic heterocycles. The summed E-state index contributed by atoms with van der Waals surface area (Å²) < 4.78 is 0. The first-order chi connectivity index (χ1) is 14.5. The van der Waals surface area contributed by atoms with E-state index in [1.165, 1.54) is 11.8 Å². The van der Waals surface area contributed by atoms with Gasteiger partial charge in [-0.05, 0) is 66.7 Å². The van der Waals surface area contributed by atoms with Gasteiger partial charge in [0, 0.05) is 25.5 Å². The van der Waals surface area contributed by atoms with E-state index in [1.54, 1.807) is 4.90 Å². The van der Waals surface area contributed by atoms with Gasteiger partial charge in [0.15, 0.2) is 11.0 Å². The quantitative estimate of drug-likeness (QED) is 0.546. The number of carbonyl (C=O) groups excluding carboxylic acids is 1. The lowest BCUT2D eigenvalue weighted by molar-refractivity contribution is -0.113. The molecule has 1 fully saturated rings. The van der Waals surface area contributed by atoms with Crippen molar-refractivity contribution in [2.45, 2.75) is 6.92 Å². The molecule has 1 amide bonds. The van der Waals surface area contributed by atoms with Gasteiger partial charge in [-0.25, -0.2) is 9.98 Å². The Morgan fingerprint density at radius 1 is 0.967 bits per heavy atom. The van der Waals surface area contributed by atoms with Gasteiger partial charge in [-0.1, -0.05) is 36.4 Å². The molecule has 5 nitrogen and oxygen atoms in total. The number of aryl methyl sites for hydroxylation is 1. The number of hydrogen-bond donors (Lipinski definition) is 0. The number of thioether (sulfide) groups is 1. The minimum absolute atomic E-state index is 0.0886. The summed E-state index contributed by atoms with van der Waals surface area (Å²) in [6, 6.07) is 23.4. The van der Waals surface area contributed by atoms with Crippen LogP contribution in [0.4, 0.5) is 17.2 Å². The Morgan fingerprint density at radius 2 is 1.70 bits per heavy atom. The second kappa shape index (κ2) is 8.55. The minimum atomic E-state index is -0.0886. The number of rotatable bonds is 4. The van der Waals surface area contributed by atoms with Gasteiger partial charge in [-0.15, -0.1) is 0 Å². The van der Waals surface area contributed by atoms with E-state index < -0.39 is 0 Å². The average Bonchev–Trinajstić information content (AvgIpc) is 3.03. The maximum Gasteiger partial charge on any atom is 0.271 e. The van der Waals surface area contributed by atoms with E-state index in [-0.39, 0.29) is 5.91 Å². The van der Waals surface area contributed by atoms with Gasteiger partial charge in [0.1, 0.15) is 0 Å². The Labute approximate surface area is 180 Å². The van der Waals surface area contributed by atoms with Crippen LogP contribution in [0.15, 0.2) is 82.7 Å². The molecule has 2 heterocycles. The van der Waals surface area contributed by atoms with Gasteiger partial charge in [0.25, 0.3) is 5.91 Å². The van der Waals surface area contributed by atoms with E-state index in [1.807, 2.05) is 105 Å². The van der Waals surface area contributed by atoms with Crippen LogP contribution in [0.1, 0.15) is 11.3 Å². The number of carbonyl (C=O) groups is 1. The first-order valence-electron chi connectivity index (χ1n) is 9.60. The van der Waals surface area contributed by atoms with Crippen molar-refractivity contribution in [3.05, 3.63) is 89.0 Å². The largest absolute Gasteiger partial charge is 0.378 e. The number of amidine groups is 1. The lowest BCUT2D eigenvalue weighted by atomic mass is 10.2. The molecule has 0 saturated carbocycles. The van der Waals surface area contributed by atoms with E-state index in [0.717, 1.165) is 22.6 Å². The molecular weight excluding hydrogens is 392 g/mol. The van der Waals surface area contributed by atoms with Crippen molar-refractivity contribution >= 4 is 46.1 Å². The van der Waals surface area contributed by atoms with Crippen LogP contribution in [0.3, 0.4) is 0 Å². The van der Waals surface area contributed by atoms with Crippen LogP contribution >= 0.6 is 11.8 Å². The number of nitrogens with zero attached hydrogens (tertiary/aromatic N) is 4. The van der Waals surface area contributed by atoms with Gasteiger partial charge in [0.2, 0.25) is 0 Å². The zero-order valence-electron chi connectivity index (χ0n) is 17.1. The zero-order valence-corrected chi connectivity index (χ0v) is 17.9. The molecule has 1 saturated heterocycles. The number of aliphatic imine (C=N–C) groups is 1. The predicted octanol–water partition coefficient (Wildman–Crippen LogP) is 5.26. The molecule has 0 aliphatic carbocycles. The highest BCUT2D eigenvalue weighted by atomic mass is 32.2. The summed E-state index contributed by atoms with van der Waals surface area (Å²) in [6.45, 7) is 1.92. The smallest absolute Gasteiger partial charge is 0.271 e. The van der Waals surface area contributed by atoms with E-state index in [9.17, 15) is 4.79 Å². The first kappa shape index (κ1) is 19.9. The second-order valence-electron chi connectivity index (χ2n) is 7.10. The highest BCUT2D eigenvalue weighted by Gasteiger charge is 2.34. The zero-order chi connectivity index (χ0) is 21.1. The fourth-order valence-electron chi connectivity index (χ4n) is 3.06. The number of benzene rings is 2. The minimum Gasteiger partial charge on any atom is -0.378 e. The Morgan fingerprint density at radius 3 is 2.37 bits per heavy atom. The molecule has 0 unspecified atom stereocenters. The average molecular weight is 415 g/mol. The van der Waals surface area contributed by atoms with Crippen LogP contribution in [0.25, 0.3) is 6.08 Å². The third kappa shape index (κ3) is 4.28. The Balaban J connectivity index is 1.73. The topological polar surface area (TPSA) is 48.8 Å². The number of para-hydroxylation sites is 1. The van der Waals surface area contributed by atoms with Gasteiger partial charge >= 0.3 is 0 Å². The van der Waals surface area contributed by atoms with Crippen molar-refractivity contribution in [3.8, 4) is 0 Å². The Hall–Kier alpha value is -3.38. The lowest BCUT2D eigenvalue weighted by Crippen LogP contribution is -2.28. The summed E-state index contributed by atoms with van der Waals surface area (Å²) in [4.78, 5) is 26.7. The number of amides is 1. The molecule has 6 heteroatoms. The van der Waals surface area contributed by atoms with Crippen molar-refractivity contribution in [1.29, 1.82) is 0 Å². The van der Waals surface area contributed by atoms with Crippen LogP contribution in [-0.4, -0.2) is 30.2 Å². The van der Waals surface area contributed by atoms with Gasteiger partial charge < -0.3 is 4.90 Å². The summed E-state index contributed by atoms with van der Waals surface area (Å²) in [5.41, 5.74) is 3.75. The molecule has 4 rings (SSSR count). The van der Waals surface area contributed by atoms with Crippen LogP contribution in [0.2, 0.25) is 0 Å². The molecule has 150 valence electrons. The van der Waals surface area contributed by atoms with Crippen molar-refractivity contribution in [3.63, 3.8) is 0 Å². The lowest BCUT2D eigenvalue weighted by Gasteiger charge is -2.15. The van der Waals surface area contributed by atoms with Crippen molar-refractivity contribution in [2.75, 3.05) is 23.9 Å². The molecule has 30 heavy (non-hydrogen) atoms. The van der Waals surface area contributed by atoms with E-state index >= 15 is 0 Å². The summed E-state index contributed by atoms with van der Waals surface area (Å²) in [6.07, 6.45) is 1.91. The maximum absolute atomic E-state index is 13.3. The molecule has 0 bridgehead atoms. The van der Waals surface area contributed by atoms with Crippen LogP contribution in [0, 0.1) is 6.92 Å². The third-order valence-electron chi connectivity index (χ3n) is 4.61. The van der Waals surface area contributed by atoms with Crippen molar-refractivity contribution in [2.24, 2.45) is 4.99 Å². The SMILES string of the molecule is Cc1cccc(/N=C2/S/C(=C\c3ccc(N(C)C)cc3)C(=O)N2c2ccccc2)n1. The van der Waals surface area contributed by atoms with E-state index in [2.05, 4.69) is 9.98 Å². The molecule has 0 atom stereocenters. The third-order valence-corrected chi connectivity index (χ3v) is 5.58. The second-order valence-corrected chi connectivity index (χ2v) is 8.11. The highest BCUT2D eigenvalue weighted by molar-refractivity contribution is 8.19. The maximum atomic E-state index is 13.3. The van der Waals surface area contributed by atoms with E-state index in [0.29, 0.717) is 15.9 Å². The van der Waals surface area contributed by atoms with Gasteiger partial charge in [-0.2, -0.15) is 0 Å². The van der Waals surface area contributed by atoms with Gasteiger partial charge in [0.05, 0.1) is 10.6 Å². The van der Waals surface area contributed by atoms with Crippen molar-refractivity contribution in [1.82, 2.24) is 4.98 Å². The molecular formula is C24H22N4OS. The summed E-state index contributed by atoms with van der Waals surface area (Å²) in [5.74, 6) is 0.497. The summed E-state index contributed by atoms with van der Waals surface area (Å²) >= 11 is 1.36. The fraction of sp³-hybridized carbons (Fsp3) is 0.125. The molecule has 0 N–H and O–H groups in total. The normalized spacial score (nSPS) is 16.5. The monoisotopic (exact) mass is 414 g/mol. The number of anilines is 2. The number of aromatic nitrogens is 1. The summed E-state index contributed by atoms with van der Waals surface area (Å²) in [7, 11) is 4.01. The molecule has 1 aliphatic rings. The van der Waals surface area contributed by atoms with Crippen LogP contribution in [0.5, 0.6) is 0 Å². The van der Waals surface area contributed by atoms with Crippen molar-refractivity contribution < 1.29 is 4.79 Å². The highest BCUT2D eigenvalue weighted by Crippen LogP contribution is 2.37. The van der Waals surface area contributed by atoms with Gasteiger partial charge in [-0.3, -0.25) is 9.69 Å². The number of pyridine rings is 1. The fourth-order valence-corrected chi connectivity index (χ4v) is 4.05.